The van der Waals surface area contributed by atoms with Crippen LogP contribution in [0.3, 0.4) is 0 Å². The minimum atomic E-state index is -4.60. The summed E-state index contributed by atoms with van der Waals surface area (Å²) in [6, 6.07) is 13.6. The molecule has 2 aromatic carbocycles. The van der Waals surface area contributed by atoms with Gasteiger partial charge in [0.2, 0.25) is 5.88 Å². The van der Waals surface area contributed by atoms with Crippen LogP contribution in [0.2, 0.25) is 5.15 Å². The fourth-order valence-electron chi connectivity index (χ4n) is 2.90. The van der Waals surface area contributed by atoms with Gasteiger partial charge in [0.25, 0.3) is 11.8 Å². The van der Waals surface area contributed by atoms with Crippen LogP contribution in [0.5, 0.6) is 11.6 Å². The van der Waals surface area contributed by atoms with Crippen LogP contribution in [0.15, 0.2) is 60.7 Å². The number of fused-ring (bicyclic) bond motifs is 1. The van der Waals surface area contributed by atoms with Crippen molar-refractivity contribution in [2.45, 2.75) is 6.18 Å². The van der Waals surface area contributed by atoms with Crippen LogP contribution < -0.4 is 9.64 Å². The molecule has 0 spiro atoms. The molecular formula is C20H10ClF3N2O3. The van der Waals surface area contributed by atoms with Gasteiger partial charge in [0.15, 0.2) is 0 Å². The second-order valence-corrected chi connectivity index (χ2v) is 6.49. The van der Waals surface area contributed by atoms with E-state index in [1.54, 1.807) is 24.3 Å². The van der Waals surface area contributed by atoms with Gasteiger partial charge in [-0.25, -0.2) is 9.88 Å². The molecule has 4 rings (SSSR count). The molecule has 5 nitrogen and oxygen atoms in total. The average Bonchev–Trinajstić information content (AvgIpc) is 2.92. The molecule has 1 aliphatic rings. The van der Waals surface area contributed by atoms with E-state index in [4.69, 9.17) is 16.3 Å². The van der Waals surface area contributed by atoms with Crippen molar-refractivity contribution >= 4 is 29.1 Å². The molecule has 0 radical (unpaired) electrons. The van der Waals surface area contributed by atoms with E-state index in [-0.39, 0.29) is 16.8 Å². The molecule has 0 bridgehead atoms. The van der Waals surface area contributed by atoms with Crippen molar-refractivity contribution in [3.05, 3.63) is 82.5 Å². The molecule has 0 atom stereocenters. The number of carbonyl (C=O) groups is 2. The smallest absolute Gasteiger partial charge is 0.416 e. The van der Waals surface area contributed by atoms with Crippen molar-refractivity contribution in [2.75, 3.05) is 4.90 Å². The highest BCUT2D eigenvalue weighted by Crippen LogP contribution is 2.34. The summed E-state index contributed by atoms with van der Waals surface area (Å²) in [5.74, 6) is -1.08. The number of hydrogen-bond donors (Lipinski definition) is 0. The average molecular weight is 419 g/mol. The number of amides is 2. The Bertz CT molecular complexity index is 1100. The third kappa shape index (κ3) is 3.54. The molecule has 3 aromatic rings. The molecule has 0 saturated carbocycles. The molecule has 0 unspecified atom stereocenters. The van der Waals surface area contributed by atoms with Gasteiger partial charge in [0, 0.05) is 6.07 Å². The molecule has 0 aliphatic carbocycles. The molecule has 2 heterocycles. The predicted molar refractivity (Wildman–Crippen MR) is 98.3 cm³/mol. The van der Waals surface area contributed by atoms with Crippen LogP contribution in [-0.4, -0.2) is 16.8 Å². The number of anilines is 1. The second-order valence-electron chi connectivity index (χ2n) is 6.10. The predicted octanol–water partition coefficient (Wildman–Crippen LogP) is 5.35. The lowest BCUT2D eigenvalue weighted by atomic mass is 10.1. The molecule has 29 heavy (non-hydrogen) atoms. The summed E-state index contributed by atoms with van der Waals surface area (Å²) in [6.45, 7) is 0. The number of rotatable bonds is 3. The molecule has 0 N–H and O–H groups in total. The zero-order chi connectivity index (χ0) is 20.8. The Labute approximate surface area is 167 Å². The van der Waals surface area contributed by atoms with E-state index in [2.05, 4.69) is 4.98 Å². The van der Waals surface area contributed by atoms with Gasteiger partial charge in [0.1, 0.15) is 10.9 Å². The molecule has 1 aromatic heterocycles. The summed E-state index contributed by atoms with van der Waals surface area (Å²) in [5.41, 5.74) is -0.0741. The lowest BCUT2D eigenvalue weighted by Gasteiger charge is -2.15. The highest BCUT2D eigenvalue weighted by Gasteiger charge is 2.36. The van der Waals surface area contributed by atoms with Crippen molar-refractivity contribution in [1.82, 2.24) is 4.98 Å². The maximum atomic E-state index is 12.9. The lowest BCUT2D eigenvalue weighted by Crippen LogP contribution is -2.29. The van der Waals surface area contributed by atoms with E-state index in [1.807, 2.05) is 0 Å². The Kier molecular flexibility index (Phi) is 4.50. The summed E-state index contributed by atoms with van der Waals surface area (Å²) in [7, 11) is 0. The monoisotopic (exact) mass is 418 g/mol. The Balaban J connectivity index is 1.58. The molecular weight excluding hydrogens is 409 g/mol. The third-order valence-corrected chi connectivity index (χ3v) is 4.40. The van der Waals surface area contributed by atoms with Gasteiger partial charge in [-0.05, 0) is 42.5 Å². The quantitative estimate of drug-likeness (QED) is 0.425. The maximum absolute atomic E-state index is 12.9. The summed E-state index contributed by atoms with van der Waals surface area (Å²) in [4.78, 5) is 29.7. The Morgan fingerprint density at radius 1 is 0.897 bits per heavy atom. The zero-order valence-corrected chi connectivity index (χ0v) is 15.2. The molecule has 0 saturated heterocycles. The zero-order valence-electron chi connectivity index (χ0n) is 14.4. The van der Waals surface area contributed by atoms with E-state index >= 15 is 0 Å². The van der Waals surface area contributed by atoms with Crippen LogP contribution in [0.1, 0.15) is 26.3 Å². The minimum absolute atomic E-state index is 0.160. The van der Waals surface area contributed by atoms with Crippen LogP contribution in [-0.2, 0) is 6.18 Å². The number of carbonyl (C=O) groups excluding carboxylic acids is 2. The van der Waals surface area contributed by atoms with Gasteiger partial charge in [-0.1, -0.05) is 23.7 Å². The van der Waals surface area contributed by atoms with Crippen molar-refractivity contribution < 1.29 is 27.5 Å². The maximum Gasteiger partial charge on any atom is 0.416 e. The van der Waals surface area contributed by atoms with Gasteiger partial charge in [-0.15, -0.1) is 0 Å². The Morgan fingerprint density at radius 3 is 2.03 bits per heavy atom. The lowest BCUT2D eigenvalue weighted by molar-refractivity contribution is -0.137. The Morgan fingerprint density at radius 2 is 1.48 bits per heavy atom. The fraction of sp³-hybridized carbons (Fsp3) is 0.0500. The molecule has 1 aliphatic heterocycles. The molecule has 146 valence electrons. The van der Waals surface area contributed by atoms with Gasteiger partial charge in [-0.2, -0.15) is 13.2 Å². The highest BCUT2D eigenvalue weighted by molar-refractivity contribution is 6.34. The van der Waals surface area contributed by atoms with Crippen LogP contribution in [0, 0.1) is 0 Å². The Hall–Kier alpha value is -3.39. The minimum Gasteiger partial charge on any atom is -0.439 e. The number of imide groups is 1. The molecule has 2 amide bonds. The van der Waals surface area contributed by atoms with Crippen LogP contribution in [0.4, 0.5) is 18.9 Å². The van der Waals surface area contributed by atoms with E-state index in [1.165, 1.54) is 24.3 Å². The number of ether oxygens (including phenoxy) is 1. The third-order valence-electron chi connectivity index (χ3n) is 4.21. The SMILES string of the molecule is O=C1c2ccccc2C(=O)N1c1ccc(Oc2cc(C(F)(F)F)cc(Cl)n2)cc1. The van der Waals surface area contributed by atoms with E-state index in [0.717, 1.165) is 11.0 Å². The number of halogens is 4. The largest absolute Gasteiger partial charge is 0.439 e. The first-order chi connectivity index (χ1) is 13.7. The van der Waals surface area contributed by atoms with Crippen molar-refractivity contribution in [3.63, 3.8) is 0 Å². The fourth-order valence-corrected chi connectivity index (χ4v) is 3.10. The first-order valence-corrected chi connectivity index (χ1v) is 8.62. The number of benzene rings is 2. The number of nitrogens with zero attached hydrogens (tertiary/aromatic N) is 2. The topological polar surface area (TPSA) is 59.5 Å². The number of pyridine rings is 1. The summed E-state index contributed by atoms with van der Waals surface area (Å²) < 4.78 is 44.0. The molecule has 9 heteroatoms. The molecule has 0 fully saturated rings. The number of aromatic nitrogens is 1. The number of hydrogen-bond acceptors (Lipinski definition) is 4. The van der Waals surface area contributed by atoms with Crippen LogP contribution in [0.25, 0.3) is 0 Å². The van der Waals surface area contributed by atoms with Crippen molar-refractivity contribution in [3.8, 4) is 11.6 Å². The standard InChI is InChI=1S/C20H10ClF3N2O3/c21-16-9-11(20(22,23)24)10-17(25-16)29-13-7-5-12(6-8-13)26-18(27)14-3-1-2-4-15(14)19(26)28/h1-10H. The van der Waals surface area contributed by atoms with Gasteiger partial charge < -0.3 is 4.74 Å². The first-order valence-electron chi connectivity index (χ1n) is 8.24. The first kappa shape index (κ1) is 18.9. The van der Waals surface area contributed by atoms with Crippen molar-refractivity contribution in [2.24, 2.45) is 0 Å². The summed E-state index contributed by atoms with van der Waals surface area (Å²) in [5, 5.41) is -0.363. The van der Waals surface area contributed by atoms with Gasteiger partial charge in [-0.3, -0.25) is 9.59 Å². The van der Waals surface area contributed by atoms with Crippen molar-refractivity contribution in [1.29, 1.82) is 0 Å². The van der Waals surface area contributed by atoms with Gasteiger partial charge in [0.05, 0.1) is 22.4 Å². The normalized spacial score (nSPS) is 13.6. The van der Waals surface area contributed by atoms with Gasteiger partial charge >= 0.3 is 6.18 Å². The summed E-state index contributed by atoms with van der Waals surface area (Å²) >= 11 is 5.64. The second kappa shape index (κ2) is 6.89. The summed E-state index contributed by atoms with van der Waals surface area (Å²) in [6.07, 6.45) is -4.60. The van der Waals surface area contributed by atoms with E-state index in [0.29, 0.717) is 22.9 Å². The van der Waals surface area contributed by atoms with Crippen LogP contribution >= 0.6 is 11.6 Å². The number of alkyl halides is 3. The van der Waals surface area contributed by atoms with E-state index < -0.39 is 23.6 Å². The highest BCUT2D eigenvalue weighted by atomic mass is 35.5. The van der Waals surface area contributed by atoms with E-state index in [9.17, 15) is 22.8 Å².